The maximum atomic E-state index is 12.4. The van der Waals surface area contributed by atoms with Crippen molar-refractivity contribution in [2.45, 2.75) is 38.7 Å². The van der Waals surface area contributed by atoms with E-state index in [9.17, 15) is 9.90 Å². The zero-order chi connectivity index (χ0) is 16.4. The summed E-state index contributed by atoms with van der Waals surface area (Å²) in [6.07, 6.45) is 4.66. The van der Waals surface area contributed by atoms with Crippen LogP contribution in [0.25, 0.3) is 11.3 Å². The van der Waals surface area contributed by atoms with Gasteiger partial charge in [-0.15, -0.1) is 0 Å². The third-order valence-corrected chi connectivity index (χ3v) is 4.80. The number of carbonyl (C=O) groups excluding carboxylic acids is 1. The Balaban J connectivity index is 1.82. The van der Waals surface area contributed by atoms with Gasteiger partial charge in [-0.3, -0.25) is 9.78 Å². The molecule has 0 spiro atoms. The molecule has 0 aliphatic heterocycles. The van der Waals surface area contributed by atoms with E-state index in [1.807, 2.05) is 43.3 Å². The average molecular weight is 310 g/mol. The molecule has 3 rings (SSSR count). The Morgan fingerprint density at radius 3 is 2.70 bits per heavy atom. The molecule has 2 N–H and O–H groups in total. The quantitative estimate of drug-likeness (QED) is 0.908. The molecule has 1 aliphatic carbocycles. The summed E-state index contributed by atoms with van der Waals surface area (Å²) >= 11 is 0. The number of carbonyl (C=O) groups is 1. The van der Waals surface area contributed by atoms with E-state index in [2.05, 4.69) is 10.3 Å². The number of hydrogen-bond acceptors (Lipinski definition) is 3. The minimum atomic E-state index is -1.31. The first-order chi connectivity index (χ1) is 11.0. The lowest BCUT2D eigenvalue weighted by atomic mass is 9.73. The second-order valence-corrected chi connectivity index (χ2v) is 6.47. The highest BCUT2D eigenvalue weighted by molar-refractivity contribution is 5.97. The van der Waals surface area contributed by atoms with E-state index in [1.165, 1.54) is 0 Å². The molecule has 4 heteroatoms. The molecule has 1 amide bonds. The molecule has 0 unspecified atom stereocenters. The number of aryl methyl sites for hydroxylation is 1. The summed E-state index contributed by atoms with van der Waals surface area (Å²) in [4.78, 5) is 16.8. The van der Waals surface area contributed by atoms with Crippen LogP contribution < -0.4 is 5.32 Å². The number of anilines is 1. The van der Waals surface area contributed by atoms with E-state index in [0.29, 0.717) is 5.69 Å². The van der Waals surface area contributed by atoms with E-state index in [1.54, 1.807) is 13.1 Å². The molecule has 0 bridgehead atoms. The van der Waals surface area contributed by atoms with Crippen LogP contribution in [-0.2, 0) is 4.79 Å². The minimum absolute atomic E-state index is 0.0585. The van der Waals surface area contributed by atoms with E-state index < -0.39 is 5.60 Å². The predicted molar refractivity (Wildman–Crippen MR) is 91.0 cm³/mol. The summed E-state index contributed by atoms with van der Waals surface area (Å²) in [6.45, 7) is 3.63. The van der Waals surface area contributed by atoms with E-state index in [4.69, 9.17) is 0 Å². The second kappa shape index (κ2) is 6.13. The maximum absolute atomic E-state index is 12.4. The fourth-order valence-electron chi connectivity index (χ4n) is 2.91. The average Bonchev–Trinajstić information content (AvgIpc) is 2.48. The van der Waals surface area contributed by atoms with Crippen molar-refractivity contribution in [3.05, 3.63) is 48.2 Å². The number of nitrogens with zero attached hydrogens (tertiary/aromatic N) is 1. The highest BCUT2D eigenvalue weighted by Crippen LogP contribution is 2.37. The van der Waals surface area contributed by atoms with Crippen LogP contribution in [0, 0.1) is 12.8 Å². The van der Waals surface area contributed by atoms with Crippen molar-refractivity contribution in [3.8, 4) is 11.3 Å². The molecule has 4 nitrogen and oxygen atoms in total. The third-order valence-electron chi connectivity index (χ3n) is 4.80. The number of rotatable bonds is 4. The topological polar surface area (TPSA) is 62.2 Å². The minimum Gasteiger partial charge on any atom is -0.380 e. The van der Waals surface area contributed by atoms with Gasteiger partial charge in [-0.05, 0) is 62.4 Å². The molecule has 1 saturated carbocycles. The van der Waals surface area contributed by atoms with Crippen LogP contribution in [0.2, 0.25) is 0 Å². The van der Waals surface area contributed by atoms with Gasteiger partial charge >= 0.3 is 0 Å². The predicted octanol–water partition coefficient (Wildman–Crippen LogP) is 3.55. The van der Waals surface area contributed by atoms with Gasteiger partial charge in [0.1, 0.15) is 5.60 Å². The SMILES string of the molecule is Cc1ccc(NC(=O)[C@](C)(O)C2CCC2)cc1-c1ccccn1. The highest BCUT2D eigenvalue weighted by atomic mass is 16.3. The summed E-state index contributed by atoms with van der Waals surface area (Å²) < 4.78 is 0. The van der Waals surface area contributed by atoms with Gasteiger partial charge in [-0.25, -0.2) is 0 Å². The van der Waals surface area contributed by atoms with Crippen LogP contribution in [0.1, 0.15) is 31.7 Å². The first-order valence-corrected chi connectivity index (χ1v) is 8.04. The van der Waals surface area contributed by atoms with Crippen LogP contribution >= 0.6 is 0 Å². The van der Waals surface area contributed by atoms with Crippen molar-refractivity contribution >= 4 is 11.6 Å². The first kappa shape index (κ1) is 15.7. The van der Waals surface area contributed by atoms with Gasteiger partial charge in [0.25, 0.3) is 5.91 Å². The highest BCUT2D eigenvalue weighted by Gasteiger charge is 2.42. The zero-order valence-electron chi connectivity index (χ0n) is 13.5. The summed E-state index contributed by atoms with van der Waals surface area (Å²) in [5, 5.41) is 13.3. The monoisotopic (exact) mass is 310 g/mol. The van der Waals surface area contributed by atoms with Crippen molar-refractivity contribution in [2.75, 3.05) is 5.32 Å². The van der Waals surface area contributed by atoms with Gasteiger partial charge in [-0.1, -0.05) is 18.6 Å². The van der Waals surface area contributed by atoms with Gasteiger partial charge in [0.05, 0.1) is 5.69 Å². The summed E-state index contributed by atoms with van der Waals surface area (Å²) in [5.74, 6) is -0.277. The van der Waals surface area contributed by atoms with Crippen LogP contribution in [0.15, 0.2) is 42.6 Å². The lowest BCUT2D eigenvalue weighted by Gasteiger charge is -2.37. The first-order valence-electron chi connectivity index (χ1n) is 8.04. The molecule has 120 valence electrons. The molecule has 1 aliphatic rings. The summed E-state index contributed by atoms with van der Waals surface area (Å²) in [6, 6.07) is 11.5. The van der Waals surface area contributed by atoms with Crippen molar-refractivity contribution in [3.63, 3.8) is 0 Å². The Morgan fingerprint density at radius 2 is 2.09 bits per heavy atom. The molecule has 23 heavy (non-hydrogen) atoms. The lowest BCUT2D eigenvalue weighted by Crippen LogP contribution is -2.49. The van der Waals surface area contributed by atoms with E-state index in [0.717, 1.165) is 36.1 Å². The van der Waals surface area contributed by atoms with Crippen molar-refractivity contribution in [1.29, 1.82) is 0 Å². The molecular weight excluding hydrogens is 288 g/mol. The number of amides is 1. The fourth-order valence-corrected chi connectivity index (χ4v) is 2.91. The summed E-state index contributed by atoms with van der Waals surface area (Å²) in [5.41, 5.74) is 2.31. The number of pyridine rings is 1. The summed E-state index contributed by atoms with van der Waals surface area (Å²) in [7, 11) is 0. The Hall–Kier alpha value is -2.20. The zero-order valence-corrected chi connectivity index (χ0v) is 13.5. The number of nitrogens with one attached hydrogen (secondary N) is 1. The second-order valence-electron chi connectivity index (χ2n) is 6.47. The van der Waals surface area contributed by atoms with Crippen molar-refractivity contribution in [2.24, 2.45) is 5.92 Å². The Morgan fingerprint density at radius 1 is 1.30 bits per heavy atom. The molecule has 1 aromatic carbocycles. The molecule has 1 aromatic heterocycles. The van der Waals surface area contributed by atoms with Gasteiger partial charge in [0.2, 0.25) is 0 Å². The Kier molecular flexibility index (Phi) is 4.18. The fraction of sp³-hybridized carbons (Fsp3) is 0.368. The molecule has 0 radical (unpaired) electrons. The van der Waals surface area contributed by atoms with Crippen LogP contribution in [0.5, 0.6) is 0 Å². The number of benzene rings is 1. The molecule has 1 fully saturated rings. The molecule has 1 heterocycles. The van der Waals surface area contributed by atoms with Gasteiger partial charge < -0.3 is 10.4 Å². The Labute approximate surface area is 136 Å². The normalized spacial score (nSPS) is 17.2. The number of aromatic nitrogens is 1. The van der Waals surface area contributed by atoms with Crippen molar-refractivity contribution in [1.82, 2.24) is 4.98 Å². The standard InChI is InChI=1S/C19H22N2O2/c1-13-9-10-15(12-16(13)17-8-3-4-11-20-17)21-18(22)19(2,23)14-6-5-7-14/h3-4,8-12,14,23H,5-7H2,1-2H3,(H,21,22)/t19-/m1/s1. The van der Waals surface area contributed by atoms with Crippen LogP contribution in [-0.4, -0.2) is 21.6 Å². The number of hydrogen-bond donors (Lipinski definition) is 2. The third kappa shape index (κ3) is 3.13. The van der Waals surface area contributed by atoms with Gasteiger partial charge in [0, 0.05) is 17.4 Å². The molecule has 0 saturated heterocycles. The van der Waals surface area contributed by atoms with Gasteiger partial charge in [-0.2, -0.15) is 0 Å². The maximum Gasteiger partial charge on any atom is 0.256 e. The molecular formula is C19H22N2O2. The van der Waals surface area contributed by atoms with E-state index in [-0.39, 0.29) is 11.8 Å². The van der Waals surface area contributed by atoms with E-state index >= 15 is 0 Å². The lowest BCUT2D eigenvalue weighted by molar-refractivity contribution is -0.141. The Bertz CT molecular complexity index is 707. The number of aliphatic hydroxyl groups is 1. The largest absolute Gasteiger partial charge is 0.380 e. The smallest absolute Gasteiger partial charge is 0.256 e. The molecule has 1 atom stereocenters. The van der Waals surface area contributed by atoms with Crippen LogP contribution in [0.3, 0.4) is 0 Å². The molecule has 2 aromatic rings. The van der Waals surface area contributed by atoms with Gasteiger partial charge in [0.15, 0.2) is 0 Å². The van der Waals surface area contributed by atoms with Crippen LogP contribution in [0.4, 0.5) is 5.69 Å². The van der Waals surface area contributed by atoms with Crippen molar-refractivity contribution < 1.29 is 9.90 Å².